The minimum Gasteiger partial charge on any atom is -0.343 e. The van der Waals surface area contributed by atoms with Gasteiger partial charge in [0.25, 0.3) is 0 Å². The van der Waals surface area contributed by atoms with Crippen LogP contribution in [0.15, 0.2) is 22.7 Å². The van der Waals surface area contributed by atoms with Crippen LogP contribution in [-0.4, -0.2) is 17.7 Å². The summed E-state index contributed by atoms with van der Waals surface area (Å²) in [7, 11) is 0. The molecule has 88 valence electrons. The van der Waals surface area contributed by atoms with Crippen molar-refractivity contribution in [2.45, 2.75) is 25.3 Å². The van der Waals surface area contributed by atoms with Gasteiger partial charge in [-0.3, -0.25) is 0 Å². The first-order chi connectivity index (χ1) is 8.36. The monoisotopic (exact) mass is 290 g/mol. The summed E-state index contributed by atoms with van der Waals surface area (Å²) < 4.78 is 3.88. The second-order valence-corrected chi connectivity index (χ2v) is 5.90. The first-order valence-corrected chi connectivity index (χ1v) is 7.16. The Morgan fingerprint density at radius 2 is 2.29 bits per heavy atom. The largest absolute Gasteiger partial charge is 0.343 e. The smallest absolute Gasteiger partial charge is 0.0527 e. The van der Waals surface area contributed by atoms with Crippen molar-refractivity contribution in [1.82, 2.24) is 9.88 Å². The Morgan fingerprint density at radius 1 is 1.35 bits per heavy atom. The summed E-state index contributed by atoms with van der Waals surface area (Å²) in [6.07, 6.45) is 2.47. The molecule has 1 N–H and O–H groups in total. The maximum absolute atomic E-state index is 3.83. The van der Waals surface area contributed by atoms with Crippen LogP contribution in [0.2, 0.25) is 0 Å². The molecule has 2 nitrogen and oxygen atoms in total. The van der Waals surface area contributed by atoms with Crippen molar-refractivity contribution in [2.24, 2.45) is 0 Å². The molecular formula is C14H15BrN2. The SMILES string of the molecule is Brc1c(C2CCNC2)n2c3c(cccc13)CC2. The van der Waals surface area contributed by atoms with Crippen molar-refractivity contribution in [1.29, 1.82) is 0 Å². The number of aromatic nitrogens is 1. The van der Waals surface area contributed by atoms with E-state index in [1.165, 1.54) is 39.5 Å². The Hall–Kier alpha value is -0.800. The molecule has 1 fully saturated rings. The highest BCUT2D eigenvalue weighted by molar-refractivity contribution is 9.10. The van der Waals surface area contributed by atoms with Gasteiger partial charge in [0.05, 0.1) is 5.52 Å². The number of hydrogen-bond donors (Lipinski definition) is 1. The Balaban J connectivity index is 2.02. The number of halogens is 1. The maximum atomic E-state index is 3.83. The molecule has 0 amide bonds. The highest BCUT2D eigenvalue weighted by Gasteiger charge is 2.28. The van der Waals surface area contributed by atoms with E-state index in [0.717, 1.165) is 19.6 Å². The molecule has 2 aliphatic heterocycles. The Kier molecular flexibility index (Phi) is 2.15. The van der Waals surface area contributed by atoms with Crippen LogP contribution in [0, 0.1) is 0 Å². The van der Waals surface area contributed by atoms with Crippen LogP contribution in [0.1, 0.15) is 23.6 Å². The van der Waals surface area contributed by atoms with E-state index in [-0.39, 0.29) is 0 Å². The van der Waals surface area contributed by atoms with Crippen LogP contribution in [0.3, 0.4) is 0 Å². The molecule has 0 spiro atoms. The van der Waals surface area contributed by atoms with Gasteiger partial charge >= 0.3 is 0 Å². The van der Waals surface area contributed by atoms with Crippen molar-refractivity contribution < 1.29 is 0 Å². The fourth-order valence-corrected chi connectivity index (χ4v) is 4.28. The van der Waals surface area contributed by atoms with Crippen molar-refractivity contribution in [3.8, 4) is 0 Å². The summed E-state index contributed by atoms with van der Waals surface area (Å²) in [6.45, 7) is 3.45. The summed E-state index contributed by atoms with van der Waals surface area (Å²) in [5.41, 5.74) is 4.51. The molecule has 0 saturated carbocycles. The molecule has 3 heteroatoms. The molecule has 4 rings (SSSR count). The fourth-order valence-electron chi connectivity index (χ4n) is 3.42. The third-order valence-corrected chi connectivity index (χ3v) is 5.03. The van der Waals surface area contributed by atoms with E-state index < -0.39 is 0 Å². The van der Waals surface area contributed by atoms with Crippen LogP contribution in [0.5, 0.6) is 0 Å². The zero-order chi connectivity index (χ0) is 11.4. The third kappa shape index (κ3) is 1.30. The second-order valence-electron chi connectivity index (χ2n) is 5.10. The number of hydrogen-bond acceptors (Lipinski definition) is 1. The lowest BCUT2D eigenvalue weighted by Gasteiger charge is -2.12. The molecule has 1 atom stereocenters. The molecule has 17 heavy (non-hydrogen) atoms. The van der Waals surface area contributed by atoms with Crippen molar-refractivity contribution in [3.63, 3.8) is 0 Å². The lowest BCUT2D eigenvalue weighted by Crippen LogP contribution is -2.11. The molecule has 2 aromatic rings. The van der Waals surface area contributed by atoms with Gasteiger partial charge in [-0.05, 0) is 40.9 Å². The summed E-state index contributed by atoms with van der Waals surface area (Å²) >= 11 is 3.83. The van der Waals surface area contributed by atoms with Crippen molar-refractivity contribution >= 4 is 26.8 Å². The number of nitrogens with zero attached hydrogens (tertiary/aromatic N) is 1. The molecular weight excluding hydrogens is 276 g/mol. The normalized spacial score (nSPS) is 22.8. The molecule has 1 aromatic heterocycles. The van der Waals surface area contributed by atoms with Gasteiger partial charge in [0, 0.05) is 34.6 Å². The Labute approximate surface area is 109 Å². The minimum atomic E-state index is 0.683. The van der Waals surface area contributed by atoms with Gasteiger partial charge in [-0.25, -0.2) is 0 Å². The predicted molar refractivity (Wildman–Crippen MR) is 73.6 cm³/mol. The topological polar surface area (TPSA) is 17.0 Å². The number of aryl methyl sites for hydroxylation is 2. The van der Waals surface area contributed by atoms with E-state index in [4.69, 9.17) is 0 Å². The third-order valence-electron chi connectivity index (χ3n) is 4.19. The van der Waals surface area contributed by atoms with E-state index >= 15 is 0 Å². The lowest BCUT2D eigenvalue weighted by atomic mass is 10.0. The predicted octanol–water partition coefficient (Wildman–Crippen LogP) is 3.04. The first kappa shape index (κ1) is 10.2. The standard InChI is InChI=1S/C14H15BrN2/c15-12-11-3-1-2-9-5-7-17(13(9)11)14(12)10-4-6-16-8-10/h1-3,10,16H,4-8H2. The second kappa shape index (κ2) is 3.59. The molecule has 1 aromatic carbocycles. The number of benzene rings is 1. The highest BCUT2D eigenvalue weighted by Crippen LogP contribution is 2.41. The number of para-hydroxylation sites is 1. The molecule has 0 bridgehead atoms. The van der Waals surface area contributed by atoms with Gasteiger partial charge in [-0.15, -0.1) is 0 Å². The summed E-state index contributed by atoms with van der Waals surface area (Å²) in [6, 6.07) is 6.71. The van der Waals surface area contributed by atoms with E-state index in [1.54, 1.807) is 0 Å². The van der Waals surface area contributed by atoms with E-state index in [1.807, 2.05) is 0 Å². The number of nitrogens with one attached hydrogen (secondary N) is 1. The molecule has 0 aliphatic carbocycles. The Morgan fingerprint density at radius 3 is 3.12 bits per heavy atom. The van der Waals surface area contributed by atoms with Gasteiger partial charge < -0.3 is 9.88 Å². The van der Waals surface area contributed by atoms with E-state index in [9.17, 15) is 0 Å². The molecule has 1 unspecified atom stereocenters. The minimum absolute atomic E-state index is 0.683. The van der Waals surface area contributed by atoms with Crippen molar-refractivity contribution in [3.05, 3.63) is 33.9 Å². The first-order valence-electron chi connectivity index (χ1n) is 6.36. The average Bonchev–Trinajstić information content (AvgIpc) is 3.02. The van der Waals surface area contributed by atoms with Crippen LogP contribution in [0.4, 0.5) is 0 Å². The average molecular weight is 291 g/mol. The van der Waals surface area contributed by atoms with Gasteiger partial charge in [-0.1, -0.05) is 18.2 Å². The van der Waals surface area contributed by atoms with Gasteiger partial charge in [0.1, 0.15) is 0 Å². The van der Waals surface area contributed by atoms with E-state index in [0.29, 0.717) is 5.92 Å². The van der Waals surface area contributed by atoms with Crippen LogP contribution in [-0.2, 0) is 13.0 Å². The van der Waals surface area contributed by atoms with Crippen molar-refractivity contribution in [2.75, 3.05) is 13.1 Å². The van der Waals surface area contributed by atoms with Gasteiger partial charge in [0.15, 0.2) is 0 Å². The highest BCUT2D eigenvalue weighted by atomic mass is 79.9. The summed E-state index contributed by atoms with van der Waals surface area (Å²) in [5.74, 6) is 0.683. The molecule has 2 aliphatic rings. The molecule has 3 heterocycles. The summed E-state index contributed by atoms with van der Waals surface area (Å²) in [5, 5.41) is 4.88. The van der Waals surface area contributed by atoms with Crippen LogP contribution in [0.25, 0.3) is 10.9 Å². The van der Waals surface area contributed by atoms with Crippen LogP contribution < -0.4 is 5.32 Å². The summed E-state index contributed by atoms with van der Waals surface area (Å²) in [4.78, 5) is 0. The zero-order valence-electron chi connectivity index (χ0n) is 9.67. The fraction of sp³-hybridized carbons (Fsp3) is 0.429. The number of rotatable bonds is 1. The van der Waals surface area contributed by atoms with Gasteiger partial charge in [0.2, 0.25) is 0 Å². The van der Waals surface area contributed by atoms with E-state index in [2.05, 4.69) is 44.0 Å². The Bertz CT molecular complexity index is 594. The van der Waals surface area contributed by atoms with Gasteiger partial charge in [-0.2, -0.15) is 0 Å². The molecule has 1 saturated heterocycles. The lowest BCUT2D eigenvalue weighted by molar-refractivity contribution is 0.645. The zero-order valence-corrected chi connectivity index (χ0v) is 11.3. The van der Waals surface area contributed by atoms with Crippen LogP contribution >= 0.6 is 15.9 Å². The maximum Gasteiger partial charge on any atom is 0.0527 e. The quantitative estimate of drug-likeness (QED) is 0.854. The molecule has 0 radical (unpaired) electrons.